The monoisotopic (exact) mass is 290 g/mol. The maximum Gasteiger partial charge on any atom is 0.345 e. The molecule has 0 saturated carbocycles. The number of halogens is 1. The molecule has 0 spiro atoms. The van der Waals surface area contributed by atoms with E-state index in [0.717, 1.165) is 12.5 Å². The standard InChI is InChI=1S/C14H11FN2O4/c1-8-3-5-10(6-4-8)12(19)17-13(20)11(15)7-16(9(2)18)14(17)21/h3-7H,1-2H3. The molecule has 0 aliphatic carbocycles. The molecule has 6 nitrogen and oxygen atoms in total. The molecule has 0 atom stereocenters. The van der Waals surface area contributed by atoms with Crippen molar-refractivity contribution in [3.05, 3.63) is 68.2 Å². The lowest BCUT2D eigenvalue weighted by atomic mass is 10.1. The fourth-order valence-corrected chi connectivity index (χ4v) is 1.76. The summed E-state index contributed by atoms with van der Waals surface area (Å²) in [4.78, 5) is 47.1. The summed E-state index contributed by atoms with van der Waals surface area (Å²) in [6.07, 6.45) is 0.478. The molecule has 108 valence electrons. The maximum atomic E-state index is 13.5. The number of nitrogens with zero attached hydrogens (tertiary/aromatic N) is 2. The van der Waals surface area contributed by atoms with Crippen molar-refractivity contribution in [2.45, 2.75) is 13.8 Å². The van der Waals surface area contributed by atoms with Crippen LogP contribution in [0.15, 0.2) is 40.1 Å². The van der Waals surface area contributed by atoms with E-state index in [2.05, 4.69) is 0 Å². The van der Waals surface area contributed by atoms with Crippen LogP contribution in [0.25, 0.3) is 0 Å². The van der Waals surface area contributed by atoms with Gasteiger partial charge in [-0.1, -0.05) is 17.7 Å². The fourth-order valence-electron chi connectivity index (χ4n) is 1.76. The third kappa shape index (κ3) is 2.58. The quantitative estimate of drug-likeness (QED) is 0.778. The molecule has 2 aromatic rings. The van der Waals surface area contributed by atoms with Gasteiger partial charge in [0.1, 0.15) is 0 Å². The Morgan fingerprint density at radius 1 is 1.10 bits per heavy atom. The van der Waals surface area contributed by atoms with Gasteiger partial charge in [0.05, 0.1) is 6.20 Å². The van der Waals surface area contributed by atoms with Gasteiger partial charge in [0.25, 0.3) is 11.5 Å². The second-order valence-electron chi connectivity index (χ2n) is 4.46. The van der Waals surface area contributed by atoms with Crippen LogP contribution in [0.2, 0.25) is 0 Å². The van der Waals surface area contributed by atoms with Crippen LogP contribution in [-0.2, 0) is 0 Å². The second-order valence-corrected chi connectivity index (χ2v) is 4.46. The van der Waals surface area contributed by atoms with Crippen molar-refractivity contribution in [3.8, 4) is 0 Å². The summed E-state index contributed by atoms with van der Waals surface area (Å²) < 4.78 is 14.0. The van der Waals surface area contributed by atoms with Crippen molar-refractivity contribution in [3.63, 3.8) is 0 Å². The zero-order valence-electron chi connectivity index (χ0n) is 11.3. The number of hydrogen-bond donors (Lipinski definition) is 0. The molecule has 21 heavy (non-hydrogen) atoms. The van der Waals surface area contributed by atoms with Gasteiger partial charge in [-0.15, -0.1) is 0 Å². The summed E-state index contributed by atoms with van der Waals surface area (Å²) in [5.41, 5.74) is -1.66. The van der Waals surface area contributed by atoms with E-state index in [9.17, 15) is 23.6 Å². The predicted octanol–water partition coefficient (Wildman–Crippen LogP) is 0.806. The predicted molar refractivity (Wildman–Crippen MR) is 72.1 cm³/mol. The second kappa shape index (κ2) is 5.28. The van der Waals surface area contributed by atoms with E-state index in [1.807, 2.05) is 0 Å². The van der Waals surface area contributed by atoms with Gasteiger partial charge in [0.15, 0.2) is 0 Å². The minimum absolute atomic E-state index is 0.0421. The maximum absolute atomic E-state index is 13.5. The summed E-state index contributed by atoms with van der Waals surface area (Å²) >= 11 is 0. The first-order valence-electron chi connectivity index (χ1n) is 5.99. The number of carbonyl (C=O) groups is 2. The van der Waals surface area contributed by atoms with E-state index in [1.165, 1.54) is 12.1 Å². The van der Waals surface area contributed by atoms with Gasteiger partial charge < -0.3 is 0 Å². The molecular formula is C14H11FN2O4. The lowest BCUT2D eigenvalue weighted by Gasteiger charge is -2.07. The summed E-state index contributed by atoms with van der Waals surface area (Å²) in [5, 5.41) is 0. The molecule has 0 aliphatic heterocycles. The lowest BCUT2D eigenvalue weighted by Crippen LogP contribution is -2.46. The van der Waals surface area contributed by atoms with E-state index < -0.39 is 28.9 Å². The Balaban J connectivity index is 2.71. The lowest BCUT2D eigenvalue weighted by molar-refractivity contribution is 0.0913. The third-order valence-corrected chi connectivity index (χ3v) is 2.89. The first-order chi connectivity index (χ1) is 9.82. The van der Waals surface area contributed by atoms with Crippen LogP contribution < -0.4 is 11.2 Å². The van der Waals surface area contributed by atoms with E-state index in [1.54, 1.807) is 19.1 Å². The first-order valence-corrected chi connectivity index (χ1v) is 5.99. The van der Waals surface area contributed by atoms with Gasteiger partial charge >= 0.3 is 5.69 Å². The van der Waals surface area contributed by atoms with Gasteiger partial charge in [-0.05, 0) is 19.1 Å². The van der Waals surface area contributed by atoms with E-state index >= 15 is 0 Å². The summed E-state index contributed by atoms with van der Waals surface area (Å²) in [6.45, 7) is 2.82. The molecule has 0 N–H and O–H groups in total. The van der Waals surface area contributed by atoms with Gasteiger partial charge in [-0.2, -0.15) is 8.96 Å². The Labute approximate surface area is 118 Å². The number of rotatable bonds is 1. The molecule has 2 rings (SSSR count). The third-order valence-electron chi connectivity index (χ3n) is 2.89. The van der Waals surface area contributed by atoms with E-state index in [4.69, 9.17) is 0 Å². The minimum atomic E-state index is -1.39. The Hall–Kier alpha value is -2.83. The zero-order chi connectivity index (χ0) is 15.7. The molecule has 0 saturated heterocycles. The number of benzene rings is 1. The number of aryl methyl sites for hydroxylation is 1. The summed E-state index contributed by atoms with van der Waals surface area (Å²) in [7, 11) is 0. The topological polar surface area (TPSA) is 78.1 Å². The Morgan fingerprint density at radius 3 is 2.19 bits per heavy atom. The molecule has 0 aliphatic rings. The molecule has 1 aromatic heterocycles. The van der Waals surface area contributed by atoms with Crippen molar-refractivity contribution in [2.24, 2.45) is 0 Å². The largest absolute Gasteiger partial charge is 0.345 e. The van der Waals surface area contributed by atoms with Crippen LogP contribution in [0.4, 0.5) is 4.39 Å². The molecular weight excluding hydrogens is 279 g/mol. The highest BCUT2D eigenvalue weighted by atomic mass is 19.1. The smallest absolute Gasteiger partial charge is 0.274 e. The zero-order valence-corrected chi connectivity index (χ0v) is 11.3. The molecule has 0 radical (unpaired) electrons. The van der Waals surface area contributed by atoms with Crippen LogP contribution in [0.3, 0.4) is 0 Å². The average molecular weight is 290 g/mol. The molecule has 1 aromatic carbocycles. The highest BCUT2D eigenvalue weighted by molar-refractivity contribution is 5.95. The molecule has 0 unspecified atom stereocenters. The normalized spacial score (nSPS) is 10.4. The number of hydrogen-bond acceptors (Lipinski definition) is 4. The molecule has 7 heteroatoms. The first kappa shape index (κ1) is 14.6. The average Bonchev–Trinajstić information content (AvgIpc) is 2.43. The molecule has 1 heterocycles. The van der Waals surface area contributed by atoms with Crippen molar-refractivity contribution < 1.29 is 14.0 Å². The molecule has 0 amide bonds. The highest BCUT2D eigenvalue weighted by Crippen LogP contribution is 2.04. The van der Waals surface area contributed by atoms with E-state index in [-0.39, 0.29) is 10.1 Å². The van der Waals surface area contributed by atoms with Crippen LogP contribution >= 0.6 is 0 Å². The van der Waals surface area contributed by atoms with Gasteiger partial charge in [0.2, 0.25) is 11.7 Å². The van der Waals surface area contributed by atoms with Gasteiger partial charge in [-0.25, -0.2) is 9.36 Å². The fraction of sp³-hybridized carbons (Fsp3) is 0.143. The van der Waals surface area contributed by atoms with Gasteiger partial charge in [-0.3, -0.25) is 14.4 Å². The Kier molecular flexibility index (Phi) is 3.66. The van der Waals surface area contributed by atoms with Crippen LogP contribution in [0.5, 0.6) is 0 Å². The molecule has 0 bridgehead atoms. The van der Waals surface area contributed by atoms with Crippen LogP contribution in [0, 0.1) is 12.7 Å². The minimum Gasteiger partial charge on any atom is -0.274 e. The van der Waals surface area contributed by atoms with Gasteiger partial charge in [0, 0.05) is 12.5 Å². The van der Waals surface area contributed by atoms with Crippen LogP contribution in [0.1, 0.15) is 27.6 Å². The Morgan fingerprint density at radius 2 is 1.67 bits per heavy atom. The summed E-state index contributed by atoms with van der Waals surface area (Å²) in [5.74, 6) is -3.14. The number of aromatic nitrogens is 2. The molecule has 0 fully saturated rings. The van der Waals surface area contributed by atoms with Crippen molar-refractivity contribution in [1.82, 2.24) is 9.13 Å². The van der Waals surface area contributed by atoms with Crippen LogP contribution in [-0.4, -0.2) is 20.9 Å². The Bertz CT molecular complexity index is 847. The van der Waals surface area contributed by atoms with Crippen molar-refractivity contribution in [2.75, 3.05) is 0 Å². The van der Waals surface area contributed by atoms with E-state index in [0.29, 0.717) is 10.8 Å². The van der Waals surface area contributed by atoms with Crippen molar-refractivity contribution >= 4 is 11.8 Å². The number of carbonyl (C=O) groups excluding carboxylic acids is 2. The summed E-state index contributed by atoms with van der Waals surface area (Å²) in [6, 6.07) is 6.04. The highest BCUT2D eigenvalue weighted by Gasteiger charge is 2.20. The van der Waals surface area contributed by atoms with Crippen molar-refractivity contribution in [1.29, 1.82) is 0 Å². The SMILES string of the molecule is CC(=O)n1cc(F)c(=O)n(C(=O)c2ccc(C)cc2)c1=O.